The molecular weight excluding hydrogens is 311 g/mol. The highest BCUT2D eigenvalue weighted by atomic mass is 19.1. The molecular formula is C17H13FN4O2. The average Bonchev–Trinajstić information content (AvgIpc) is 2.56. The lowest BCUT2D eigenvalue weighted by molar-refractivity contribution is 0.0697. The maximum atomic E-state index is 13.8. The summed E-state index contributed by atoms with van der Waals surface area (Å²) in [5.74, 6) is -1.04. The first-order chi connectivity index (χ1) is 11.5. The summed E-state index contributed by atoms with van der Waals surface area (Å²) >= 11 is 0. The monoisotopic (exact) mass is 324 g/mol. The van der Waals surface area contributed by atoms with Gasteiger partial charge in [-0.25, -0.2) is 14.2 Å². The van der Waals surface area contributed by atoms with E-state index in [1.54, 1.807) is 30.3 Å². The lowest BCUT2D eigenvalue weighted by atomic mass is 10.1. The number of nitrogens with two attached hydrogens (primary N) is 1. The van der Waals surface area contributed by atoms with Crippen LogP contribution in [-0.2, 0) is 0 Å². The van der Waals surface area contributed by atoms with E-state index in [1.807, 2.05) is 0 Å². The number of aromatic nitrogens is 2. The molecule has 120 valence electrons. The summed E-state index contributed by atoms with van der Waals surface area (Å²) in [6.07, 6.45) is 1.44. The van der Waals surface area contributed by atoms with Crippen LogP contribution in [0.3, 0.4) is 0 Å². The van der Waals surface area contributed by atoms with Crippen molar-refractivity contribution >= 4 is 23.4 Å². The molecule has 2 aromatic carbocycles. The molecule has 0 amide bonds. The maximum Gasteiger partial charge on any atom is 0.335 e. The Bertz CT molecular complexity index is 897. The van der Waals surface area contributed by atoms with E-state index in [4.69, 9.17) is 10.8 Å². The number of carboxylic acid groups (broad SMARTS) is 1. The van der Waals surface area contributed by atoms with Gasteiger partial charge >= 0.3 is 5.97 Å². The van der Waals surface area contributed by atoms with Crippen LogP contribution in [-0.4, -0.2) is 21.0 Å². The van der Waals surface area contributed by atoms with Crippen LogP contribution < -0.4 is 11.1 Å². The highest BCUT2D eigenvalue weighted by molar-refractivity contribution is 5.88. The molecule has 1 aromatic heterocycles. The number of hydrogen-bond acceptors (Lipinski definition) is 5. The first-order valence-electron chi connectivity index (χ1n) is 7.02. The number of aromatic carboxylic acids is 1. The predicted octanol–water partition coefficient (Wildman–Crippen LogP) is 3.31. The van der Waals surface area contributed by atoms with E-state index in [9.17, 15) is 9.18 Å². The molecule has 0 aliphatic heterocycles. The van der Waals surface area contributed by atoms with E-state index in [1.165, 1.54) is 24.4 Å². The van der Waals surface area contributed by atoms with Crippen LogP contribution in [0, 0.1) is 5.82 Å². The third-order valence-electron chi connectivity index (χ3n) is 3.37. The number of rotatable bonds is 4. The van der Waals surface area contributed by atoms with Gasteiger partial charge in [0.2, 0.25) is 5.95 Å². The summed E-state index contributed by atoms with van der Waals surface area (Å²) in [5.41, 5.74) is 7.42. The number of carbonyl (C=O) groups is 1. The first kappa shape index (κ1) is 15.4. The molecule has 0 saturated carbocycles. The number of benzene rings is 2. The molecule has 3 rings (SSSR count). The summed E-state index contributed by atoms with van der Waals surface area (Å²) in [6.45, 7) is 0. The maximum absolute atomic E-state index is 13.8. The van der Waals surface area contributed by atoms with Crippen molar-refractivity contribution in [3.63, 3.8) is 0 Å². The normalized spacial score (nSPS) is 10.4. The number of anilines is 3. The zero-order valence-electron chi connectivity index (χ0n) is 12.4. The Hall–Kier alpha value is -3.48. The Kier molecular flexibility index (Phi) is 4.07. The van der Waals surface area contributed by atoms with Gasteiger partial charge < -0.3 is 16.2 Å². The van der Waals surface area contributed by atoms with E-state index in [2.05, 4.69) is 15.3 Å². The van der Waals surface area contributed by atoms with Crippen LogP contribution in [0.15, 0.2) is 54.7 Å². The number of nitrogen functional groups attached to an aromatic ring is 1. The molecule has 6 nitrogen and oxygen atoms in total. The number of carboxylic acids is 1. The van der Waals surface area contributed by atoms with Gasteiger partial charge in [-0.05, 0) is 30.3 Å². The largest absolute Gasteiger partial charge is 0.478 e. The van der Waals surface area contributed by atoms with E-state index < -0.39 is 11.8 Å². The molecule has 4 N–H and O–H groups in total. The summed E-state index contributed by atoms with van der Waals surface area (Å²) < 4.78 is 13.8. The fraction of sp³-hybridized carbons (Fsp3) is 0. The van der Waals surface area contributed by atoms with Crippen molar-refractivity contribution in [1.82, 2.24) is 9.97 Å². The van der Waals surface area contributed by atoms with Crippen molar-refractivity contribution in [2.45, 2.75) is 0 Å². The SMILES string of the molecule is Nc1nc(Nc2ccc(C(=O)O)cc2)ncc1-c1ccccc1F. The van der Waals surface area contributed by atoms with Gasteiger partial charge in [0.25, 0.3) is 0 Å². The van der Waals surface area contributed by atoms with Crippen LogP contribution in [0.5, 0.6) is 0 Å². The van der Waals surface area contributed by atoms with Gasteiger partial charge in [-0.15, -0.1) is 0 Å². The minimum Gasteiger partial charge on any atom is -0.478 e. The number of nitrogens with zero attached hydrogens (tertiary/aromatic N) is 2. The molecule has 24 heavy (non-hydrogen) atoms. The molecule has 0 radical (unpaired) electrons. The van der Waals surface area contributed by atoms with Crippen molar-refractivity contribution in [2.75, 3.05) is 11.1 Å². The zero-order valence-corrected chi connectivity index (χ0v) is 12.4. The summed E-state index contributed by atoms with van der Waals surface area (Å²) in [5, 5.41) is 11.8. The smallest absolute Gasteiger partial charge is 0.335 e. The molecule has 0 bridgehead atoms. The van der Waals surface area contributed by atoms with Gasteiger partial charge in [0, 0.05) is 23.0 Å². The third kappa shape index (κ3) is 3.14. The number of halogens is 1. The number of nitrogens with one attached hydrogen (secondary N) is 1. The van der Waals surface area contributed by atoms with E-state index >= 15 is 0 Å². The summed E-state index contributed by atoms with van der Waals surface area (Å²) in [4.78, 5) is 19.1. The minimum atomic E-state index is -1.00. The molecule has 0 atom stereocenters. The molecule has 0 fully saturated rings. The fourth-order valence-electron chi connectivity index (χ4n) is 2.17. The Morgan fingerprint density at radius 3 is 2.42 bits per heavy atom. The van der Waals surface area contributed by atoms with Gasteiger partial charge in [0.1, 0.15) is 11.6 Å². The third-order valence-corrected chi connectivity index (χ3v) is 3.37. The van der Waals surface area contributed by atoms with Crippen molar-refractivity contribution in [3.8, 4) is 11.1 Å². The van der Waals surface area contributed by atoms with Crippen molar-refractivity contribution in [1.29, 1.82) is 0 Å². The second-order valence-corrected chi connectivity index (χ2v) is 4.98. The molecule has 0 unspecified atom stereocenters. The number of hydrogen-bond donors (Lipinski definition) is 3. The topological polar surface area (TPSA) is 101 Å². The van der Waals surface area contributed by atoms with Crippen molar-refractivity contribution in [3.05, 3.63) is 66.1 Å². The lowest BCUT2D eigenvalue weighted by Gasteiger charge is -2.09. The first-order valence-corrected chi connectivity index (χ1v) is 7.02. The fourth-order valence-corrected chi connectivity index (χ4v) is 2.17. The second-order valence-electron chi connectivity index (χ2n) is 4.98. The highest BCUT2D eigenvalue weighted by Crippen LogP contribution is 2.27. The van der Waals surface area contributed by atoms with Crippen LogP contribution in [0.25, 0.3) is 11.1 Å². The zero-order chi connectivity index (χ0) is 17.1. The van der Waals surface area contributed by atoms with Crippen LogP contribution in [0.4, 0.5) is 21.8 Å². The van der Waals surface area contributed by atoms with Gasteiger partial charge in [0.05, 0.1) is 5.56 Å². The minimum absolute atomic E-state index is 0.139. The summed E-state index contributed by atoms with van der Waals surface area (Å²) in [7, 11) is 0. The Morgan fingerprint density at radius 1 is 1.08 bits per heavy atom. The molecule has 0 saturated heterocycles. The van der Waals surface area contributed by atoms with Crippen LogP contribution >= 0.6 is 0 Å². The Labute approximate surface area is 136 Å². The molecule has 0 spiro atoms. The molecule has 0 aliphatic carbocycles. The Balaban J connectivity index is 1.85. The van der Waals surface area contributed by atoms with Gasteiger partial charge in [-0.3, -0.25) is 0 Å². The quantitative estimate of drug-likeness (QED) is 0.680. The predicted molar refractivity (Wildman–Crippen MR) is 88.5 cm³/mol. The van der Waals surface area contributed by atoms with Gasteiger partial charge in [-0.1, -0.05) is 18.2 Å². The average molecular weight is 324 g/mol. The Morgan fingerprint density at radius 2 is 1.79 bits per heavy atom. The molecule has 0 aliphatic rings. The second kappa shape index (κ2) is 6.33. The lowest BCUT2D eigenvalue weighted by Crippen LogP contribution is -2.03. The van der Waals surface area contributed by atoms with Crippen molar-refractivity contribution < 1.29 is 14.3 Å². The summed E-state index contributed by atoms with van der Waals surface area (Å²) in [6, 6.07) is 12.3. The van der Waals surface area contributed by atoms with Crippen LogP contribution in [0.1, 0.15) is 10.4 Å². The van der Waals surface area contributed by atoms with Gasteiger partial charge in [0.15, 0.2) is 0 Å². The molecule has 7 heteroatoms. The standard InChI is InChI=1S/C17H13FN4O2/c18-14-4-2-1-3-12(14)13-9-20-17(22-15(13)19)21-11-7-5-10(6-8-11)16(23)24/h1-9H,(H,23,24)(H3,19,20,21,22). The van der Waals surface area contributed by atoms with Crippen molar-refractivity contribution in [2.24, 2.45) is 0 Å². The molecule has 3 aromatic rings. The van der Waals surface area contributed by atoms with Gasteiger partial charge in [-0.2, -0.15) is 4.98 Å². The molecule has 1 heterocycles. The van der Waals surface area contributed by atoms with E-state index in [0.717, 1.165) is 0 Å². The highest BCUT2D eigenvalue weighted by Gasteiger charge is 2.11. The van der Waals surface area contributed by atoms with Crippen LogP contribution in [0.2, 0.25) is 0 Å². The van der Waals surface area contributed by atoms with E-state index in [-0.39, 0.29) is 17.3 Å². The van der Waals surface area contributed by atoms with E-state index in [0.29, 0.717) is 16.8 Å².